The molecule has 0 aromatic heterocycles. The number of nitro groups is 1. The molecule has 0 spiro atoms. The van der Waals surface area contributed by atoms with Crippen LogP contribution in [-0.4, -0.2) is 30.4 Å². The number of rotatable bonds is 6. The molecule has 7 nitrogen and oxygen atoms in total. The molecule has 0 unspecified atom stereocenters. The largest absolute Gasteiger partial charge is 0.482 e. The van der Waals surface area contributed by atoms with Gasteiger partial charge in [0.25, 0.3) is 5.69 Å². The molecule has 18 heavy (non-hydrogen) atoms. The molecule has 0 amide bonds. The zero-order valence-corrected chi connectivity index (χ0v) is 9.62. The molecule has 0 radical (unpaired) electrons. The van der Waals surface area contributed by atoms with E-state index in [2.05, 4.69) is 4.74 Å². The van der Waals surface area contributed by atoms with Crippen molar-refractivity contribution >= 4 is 17.9 Å². The number of hydrogen-bond donors (Lipinski definition) is 0. The smallest absolute Gasteiger partial charge is 0.344 e. The molecule has 0 bridgehead atoms. The van der Waals surface area contributed by atoms with Crippen LogP contribution in [0.1, 0.15) is 17.3 Å². The number of carbonyl (C=O) groups excluding carboxylic acids is 2. The Labute approximate surface area is 102 Å². The highest BCUT2D eigenvalue weighted by Gasteiger charge is 2.14. The Kier molecular flexibility index (Phi) is 4.79. The van der Waals surface area contributed by atoms with Crippen LogP contribution in [0.2, 0.25) is 0 Å². The van der Waals surface area contributed by atoms with E-state index in [0.29, 0.717) is 6.29 Å². The molecular formula is C11H11NO6. The van der Waals surface area contributed by atoms with Gasteiger partial charge in [0.2, 0.25) is 0 Å². The van der Waals surface area contributed by atoms with Gasteiger partial charge in [0.15, 0.2) is 12.9 Å². The van der Waals surface area contributed by atoms with Crippen LogP contribution in [0.25, 0.3) is 0 Å². The first-order chi connectivity index (χ1) is 8.58. The predicted octanol–water partition coefficient (Wildman–Crippen LogP) is 1.35. The number of benzene rings is 1. The highest BCUT2D eigenvalue weighted by molar-refractivity contribution is 5.82. The lowest BCUT2D eigenvalue weighted by atomic mass is 10.2. The molecule has 0 aliphatic rings. The highest BCUT2D eigenvalue weighted by atomic mass is 16.6. The molecule has 0 fully saturated rings. The number of nitrogens with zero attached hydrogens (tertiary/aromatic N) is 1. The van der Waals surface area contributed by atoms with Crippen molar-refractivity contribution in [2.75, 3.05) is 13.2 Å². The fourth-order valence-corrected chi connectivity index (χ4v) is 1.23. The van der Waals surface area contributed by atoms with Crippen molar-refractivity contribution in [3.05, 3.63) is 33.9 Å². The van der Waals surface area contributed by atoms with Gasteiger partial charge in [-0.15, -0.1) is 0 Å². The van der Waals surface area contributed by atoms with Crippen LogP contribution in [0.4, 0.5) is 5.69 Å². The number of esters is 1. The van der Waals surface area contributed by atoms with Gasteiger partial charge in [0, 0.05) is 6.07 Å². The van der Waals surface area contributed by atoms with E-state index < -0.39 is 10.9 Å². The minimum absolute atomic E-state index is 0.110. The van der Waals surface area contributed by atoms with E-state index in [4.69, 9.17) is 4.74 Å². The number of nitro benzene ring substituents is 1. The van der Waals surface area contributed by atoms with Gasteiger partial charge in [-0.25, -0.2) is 4.79 Å². The lowest BCUT2D eigenvalue weighted by Gasteiger charge is -2.06. The maximum absolute atomic E-state index is 11.0. The van der Waals surface area contributed by atoms with Crippen molar-refractivity contribution in [1.82, 2.24) is 0 Å². The summed E-state index contributed by atoms with van der Waals surface area (Å²) in [7, 11) is 0. The summed E-state index contributed by atoms with van der Waals surface area (Å²) in [6.07, 6.45) is 0.357. The lowest BCUT2D eigenvalue weighted by molar-refractivity contribution is -0.385. The Hall–Kier alpha value is -2.44. The molecule has 0 atom stereocenters. The molecule has 0 saturated heterocycles. The normalized spacial score (nSPS) is 9.61. The first-order valence-electron chi connectivity index (χ1n) is 5.10. The maximum Gasteiger partial charge on any atom is 0.344 e. The average Bonchev–Trinajstić information content (AvgIpc) is 2.36. The van der Waals surface area contributed by atoms with Crippen LogP contribution in [0.3, 0.4) is 0 Å². The molecule has 0 aliphatic heterocycles. The van der Waals surface area contributed by atoms with Crippen molar-refractivity contribution in [3.63, 3.8) is 0 Å². The summed E-state index contributed by atoms with van der Waals surface area (Å²) in [5.74, 6) is -0.362. The van der Waals surface area contributed by atoms with E-state index in [9.17, 15) is 19.7 Å². The number of hydrogen-bond acceptors (Lipinski definition) is 6. The van der Waals surface area contributed by atoms with E-state index in [1.165, 1.54) is 12.1 Å². The Morgan fingerprint density at radius 2 is 2.22 bits per heavy atom. The van der Waals surface area contributed by atoms with E-state index >= 15 is 0 Å². The van der Waals surface area contributed by atoms with Crippen LogP contribution in [0.15, 0.2) is 18.2 Å². The molecule has 0 N–H and O–H groups in total. The fraction of sp³-hybridized carbons (Fsp3) is 0.273. The van der Waals surface area contributed by atoms with Gasteiger partial charge in [-0.05, 0) is 19.1 Å². The van der Waals surface area contributed by atoms with Crippen molar-refractivity contribution in [2.45, 2.75) is 6.92 Å². The van der Waals surface area contributed by atoms with Gasteiger partial charge in [-0.3, -0.25) is 14.9 Å². The summed E-state index contributed by atoms with van der Waals surface area (Å²) in [6, 6.07) is 3.65. The zero-order chi connectivity index (χ0) is 13.5. The van der Waals surface area contributed by atoms with E-state index in [-0.39, 0.29) is 30.2 Å². The number of carbonyl (C=O) groups is 2. The predicted molar refractivity (Wildman–Crippen MR) is 60.6 cm³/mol. The van der Waals surface area contributed by atoms with Crippen LogP contribution >= 0.6 is 0 Å². The molecule has 1 aromatic rings. The topological polar surface area (TPSA) is 95.7 Å². The van der Waals surface area contributed by atoms with E-state index in [1.54, 1.807) is 6.92 Å². The van der Waals surface area contributed by atoms with Crippen molar-refractivity contribution < 1.29 is 24.0 Å². The SMILES string of the molecule is CCOC(=O)COc1ccc([N+](=O)[O-])c(C=O)c1. The third-order valence-electron chi connectivity index (χ3n) is 1.98. The molecule has 7 heteroatoms. The third-order valence-corrected chi connectivity index (χ3v) is 1.98. The van der Waals surface area contributed by atoms with Gasteiger partial charge in [0.05, 0.1) is 17.1 Å². The second-order valence-electron chi connectivity index (χ2n) is 3.19. The lowest BCUT2D eigenvalue weighted by Crippen LogP contribution is -2.14. The van der Waals surface area contributed by atoms with E-state index in [1.807, 2.05) is 0 Å². The standard InChI is InChI=1S/C11H11NO6/c1-2-17-11(14)7-18-9-3-4-10(12(15)16)8(5-9)6-13/h3-6H,2,7H2,1H3. The summed E-state index contributed by atoms with van der Waals surface area (Å²) < 4.78 is 9.68. The van der Waals surface area contributed by atoms with Gasteiger partial charge in [0.1, 0.15) is 5.75 Å². The number of aldehydes is 1. The molecule has 96 valence electrons. The van der Waals surface area contributed by atoms with Gasteiger partial charge < -0.3 is 9.47 Å². The Bertz CT molecular complexity index is 471. The van der Waals surface area contributed by atoms with Gasteiger partial charge in [-0.2, -0.15) is 0 Å². The first-order valence-corrected chi connectivity index (χ1v) is 5.10. The summed E-state index contributed by atoms with van der Waals surface area (Å²) in [5, 5.41) is 10.6. The van der Waals surface area contributed by atoms with Crippen LogP contribution in [0, 0.1) is 10.1 Å². The van der Waals surface area contributed by atoms with Crippen LogP contribution in [-0.2, 0) is 9.53 Å². The Morgan fingerprint density at radius 3 is 2.78 bits per heavy atom. The molecule has 0 heterocycles. The maximum atomic E-state index is 11.0. The monoisotopic (exact) mass is 253 g/mol. The van der Waals surface area contributed by atoms with Crippen molar-refractivity contribution in [1.29, 1.82) is 0 Å². The molecule has 1 rings (SSSR count). The van der Waals surface area contributed by atoms with Crippen molar-refractivity contribution in [3.8, 4) is 5.75 Å². The summed E-state index contributed by atoms with van der Waals surface area (Å²) in [6.45, 7) is 1.58. The van der Waals surface area contributed by atoms with Crippen LogP contribution < -0.4 is 4.74 Å². The minimum atomic E-state index is -0.668. The second kappa shape index (κ2) is 6.33. The second-order valence-corrected chi connectivity index (χ2v) is 3.19. The molecule has 0 saturated carbocycles. The summed E-state index contributed by atoms with van der Waals surface area (Å²) in [5.41, 5.74) is -0.421. The van der Waals surface area contributed by atoms with Gasteiger partial charge >= 0.3 is 5.97 Å². The number of ether oxygens (including phenoxy) is 2. The molecule has 0 aliphatic carbocycles. The Balaban J connectivity index is 2.77. The first kappa shape index (κ1) is 13.6. The quantitative estimate of drug-likeness (QED) is 0.328. The summed E-state index contributed by atoms with van der Waals surface area (Å²) >= 11 is 0. The molecular weight excluding hydrogens is 242 g/mol. The zero-order valence-electron chi connectivity index (χ0n) is 9.62. The highest BCUT2D eigenvalue weighted by Crippen LogP contribution is 2.22. The average molecular weight is 253 g/mol. The minimum Gasteiger partial charge on any atom is -0.482 e. The van der Waals surface area contributed by atoms with E-state index in [0.717, 1.165) is 6.07 Å². The molecule has 1 aromatic carbocycles. The summed E-state index contributed by atoms with van der Waals surface area (Å²) in [4.78, 5) is 31.6. The van der Waals surface area contributed by atoms with Crippen molar-refractivity contribution in [2.24, 2.45) is 0 Å². The van der Waals surface area contributed by atoms with Crippen LogP contribution in [0.5, 0.6) is 5.75 Å². The third kappa shape index (κ3) is 3.55. The van der Waals surface area contributed by atoms with Gasteiger partial charge in [-0.1, -0.05) is 0 Å². The fourth-order valence-electron chi connectivity index (χ4n) is 1.23. The Morgan fingerprint density at radius 1 is 1.50 bits per heavy atom.